The molecular weight excluding hydrogens is 289 g/mol. The maximum absolute atomic E-state index is 14.1. The molecule has 1 aromatic rings. The van der Waals surface area contributed by atoms with Crippen LogP contribution in [0.3, 0.4) is 0 Å². The first-order valence-corrected chi connectivity index (χ1v) is 7.33. The molecule has 0 unspecified atom stereocenters. The van der Waals surface area contributed by atoms with Gasteiger partial charge in [0.2, 0.25) is 0 Å². The fourth-order valence-corrected chi connectivity index (χ4v) is 2.73. The van der Waals surface area contributed by atoms with Crippen LogP contribution in [0.15, 0.2) is 12.1 Å². The van der Waals surface area contributed by atoms with Gasteiger partial charge in [-0.15, -0.1) is 0 Å². The first-order valence-electron chi connectivity index (χ1n) is 7.33. The van der Waals surface area contributed by atoms with Gasteiger partial charge in [0.25, 0.3) is 5.91 Å². The number of nitrogens with two attached hydrogens (primary N) is 1. The van der Waals surface area contributed by atoms with Crippen molar-refractivity contribution < 1.29 is 23.8 Å². The lowest BCUT2D eigenvalue weighted by molar-refractivity contribution is 0.0449. The minimum absolute atomic E-state index is 0.00667. The number of methoxy groups -OCH3 is 1. The molecule has 2 rings (SSSR count). The van der Waals surface area contributed by atoms with Crippen molar-refractivity contribution in [2.45, 2.75) is 38.7 Å². The third-order valence-electron chi connectivity index (χ3n) is 4.33. The molecule has 0 heterocycles. The molecule has 1 aromatic carbocycles. The SMILES string of the molecule is COc1cc(F)c(OC2CCC(C)(CO)CC2)cc1C(N)=O. The minimum Gasteiger partial charge on any atom is -0.496 e. The van der Waals surface area contributed by atoms with Crippen molar-refractivity contribution >= 4 is 5.91 Å². The zero-order chi connectivity index (χ0) is 16.3. The summed E-state index contributed by atoms with van der Waals surface area (Å²) in [6.07, 6.45) is 2.95. The fraction of sp³-hybridized carbons (Fsp3) is 0.562. The highest BCUT2D eigenvalue weighted by Gasteiger charge is 2.31. The Bertz CT molecular complexity index is 553. The molecule has 122 valence electrons. The van der Waals surface area contributed by atoms with Gasteiger partial charge in [0, 0.05) is 12.7 Å². The van der Waals surface area contributed by atoms with Crippen molar-refractivity contribution in [3.8, 4) is 11.5 Å². The third kappa shape index (κ3) is 3.50. The smallest absolute Gasteiger partial charge is 0.252 e. The molecule has 0 radical (unpaired) electrons. The normalized spacial score (nSPS) is 24.8. The predicted octanol–water partition coefficient (Wildman–Crippen LogP) is 2.25. The zero-order valence-electron chi connectivity index (χ0n) is 12.9. The summed E-state index contributed by atoms with van der Waals surface area (Å²) in [6.45, 7) is 2.17. The van der Waals surface area contributed by atoms with Crippen molar-refractivity contribution in [1.29, 1.82) is 0 Å². The number of hydrogen-bond acceptors (Lipinski definition) is 4. The van der Waals surface area contributed by atoms with Gasteiger partial charge >= 0.3 is 0 Å². The van der Waals surface area contributed by atoms with Crippen LogP contribution >= 0.6 is 0 Å². The van der Waals surface area contributed by atoms with Crippen molar-refractivity contribution in [3.63, 3.8) is 0 Å². The molecule has 22 heavy (non-hydrogen) atoms. The van der Waals surface area contributed by atoms with Crippen molar-refractivity contribution in [2.75, 3.05) is 13.7 Å². The molecule has 0 saturated heterocycles. The second-order valence-corrected chi connectivity index (χ2v) is 6.13. The van der Waals surface area contributed by atoms with Crippen LogP contribution in [0, 0.1) is 11.2 Å². The van der Waals surface area contributed by atoms with E-state index in [1.165, 1.54) is 13.2 Å². The lowest BCUT2D eigenvalue weighted by Crippen LogP contribution is -2.32. The van der Waals surface area contributed by atoms with Crippen molar-refractivity contribution in [3.05, 3.63) is 23.5 Å². The molecule has 1 fully saturated rings. The Morgan fingerprint density at radius 3 is 2.55 bits per heavy atom. The van der Waals surface area contributed by atoms with Crippen LogP contribution in [0.4, 0.5) is 4.39 Å². The standard InChI is InChI=1S/C16H22FNO4/c1-16(9-19)5-3-10(4-6-16)22-14-7-11(15(18)20)13(21-2)8-12(14)17/h7-8,10,19H,3-6,9H2,1-2H3,(H2,18,20). The summed E-state index contributed by atoms with van der Waals surface area (Å²) in [4.78, 5) is 11.4. The van der Waals surface area contributed by atoms with Crippen LogP contribution in [-0.4, -0.2) is 30.8 Å². The number of hydrogen-bond donors (Lipinski definition) is 2. The van der Waals surface area contributed by atoms with Gasteiger partial charge in [-0.2, -0.15) is 0 Å². The second-order valence-electron chi connectivity index (χ2n) is 6.13. The molecule has 1 aliphatic rings. The first-order chi connectivity index (χ1) is 10.4. The Labute approximate surface area is 129 Å². The van der Waals surface area contributed by atoms with Crippen LogP contribution < -0.4 is 15.2 Å². The van der Waals surface area contributed by atoms with E-state index in [9.17, 15) is 14.3 Å². The number of primary amides is 1. The molecule has 5 nitrogen and oxygen atoms in total. The Morgan fingerprint density at radius 1 is 1.41 bits per heavy atom. The number of carbonyl (C=O) groups is 1. The molecule has 0 aromatic heterocycles. The first kappa shape index (κ1) is 16.5. The Kier molecular flexibility index (Phi) is 4.90. The van der Waals surface area contributed by atoms with Gasteiger partial charge in [-0.3, -0.25) is 4.79 Å². The molecule has 1 amide bonds. The van der Waals surface area contributed by atoms with E-state index in [0.29, 0.717) is 0 Å². The highest BCUT2D eigenvalue weighted by atomic mass is 19.1. The quantitative estimate of drug-likeness (QED) is 0.874. The maximum Gasteiger partial charge on any atom is 0.252 e. The Balaban J connectivity index is 2.13. The molecule has 6 heteroatoms. The molecule has 0 atom stereocenters. The van der Waals surface area contributed by atoms with Crippen LogP contribution in [0.2, 0.25) is 0 Å². The number of amides is 1. The van der Waals surface area contributed by atoms with E-state index in [4.69, 9.17) is 15.2 Å². The average Bonchev–Trinajstić information content (AvgIpc) is 2.51. The third-order valence-corrected chi connectivity index (χ3v) is 4.33. The molecular formula is C16H22FNO4. The van der Waals surface area contributed by atoms with E-state index in [2.05, 4.69) is 0 Å². The van der Waals surface area contributed by atoms with Crippen LogP contribution in [0.25, 0.3) is 0 Å². The summed E-state index contributed by atoms with van der Waals surface area (Å²) in [6, 6.07) is 2.40. The molecule has 0 spiro atoms. The van der Waals surface area contributed by atoms with Crippen LogP contribution in [-0.2, 0) is 0 Å². The van der Waals surface area contributed by atoms with E-state index < -0.39 is 11.7 Å². The monoisotopic (exact) mass is 311 g/mol. The summed E-state index contributed by atoms with van der Waals surface area (Å²) >= 11 is 0. The predicted molar refractivity (Wildman–Crippen MR) is 79.5 cm³/mol. The van der Waals surface area contributed by atoms with Crippen LogP contribution in [0.5, 0.6) is 11.5 Å². The topological polar surface area (TPSA) is 81.8 Å². The molecule has 3 N–H and O–H groups in total. The van der Waals surface area contributed by atoms with E-state index in [-0.39, 0.29) is 35.2 Å². The molecule has 0 aliphatic heterocycles. The second kappa shape index (κ2) is 6.52. The Morgan fingerprint density at radius 2 is 2.05 bits per heavy atom. The Hall–Kier alpha value is -1.82. The molecule has 1 saturated carbocycles. The number of aliphatic hydroxyl groups excluding tert-OH is 1. The number of halogens is 1. The summed E-state index contributed by atoms with van der Waals surface area (Å²) in [5.74, 6) is -1.18. The molecule has 1 aliphatic carbocycles. The summed E-state index contributed by atoms with van der Waals surface area (Å²) in [5, 5.41) is 9.36. The summed E-state index contributed by atoms with van der Waals surface area (Å²) < 4.78 is 24.7. The maximum atomic E-state index is 14.1. The lowest BCUT2D eigenvalue weighted by Gasteiger charge is -2.35. The number of ether oxygens (including phenoxy) is 2. The van der Waals surface area contributed by atoms with E-state index in [0.717, 1.165) is 31.7 Å². The highest BCUT2D eigenvalue weighted by Crippen LogP contribution is 2.37. The van der Waals surface area contributed by atoms with Gasteiger partial charge in [0.15, 0.2) is 11.6 Å². The van der Waals surface area contributed by atoms with Gasteiger partial charge in [-0.05, 0) is 37.2 Å². The minimum atomic E-state index is -0.696. The lowest BCUT2D eigenvalue weighted by atomic mass is 9.75. The zero-order valence-corrected chi connectivity index (χ0v) is 12.9. The number of carbonyl (C=O) groups excluding carboxylic acids is 1. The van der Waals surface area contributed by atoms with Gasteiger partial charge in [0.05, 0.1) is 18.8 Å². The number of aliphatic hydroxyl groups is 1. The van der Waals surface area contributed by atoms with Crippen molar-refractivity contribution in [2.24, 2.45) is 11.1 Å². The van der Waals surface area contributed by atoms with Gasteiger partial charge in [-0.1, -0.05) is 6.92 Å². The highest BCUT2D eigenvalue weighted by molar-refractivity contribution is 5.96. The molecule has 0 bridgehead atoms. The van der Waals surface area contributed by atoms with Crippen LogP contribution in [0.1, 0.15) is 43.0 Å². The van der Waals surface area contributed by atoms with Gasteiger partial charge in [0.1, 0.15) is 5.75 Å². The van der Waals surface area contributed by atoms with E-state index in [1.807, 2.05) is 6.92 Å². The van der Waals surface area contributed by atoms with Gasteiger partial charge < -0.3 is 20.3 Å². The number of benzene rings is 1. The summed E-state index contributed by atoms with van der Waals surface area (Å²) in [5.41, 5.74) is 5.28. The summed E-state index contributed by atoms with van der Waals surface area (Å²) in [7, 11) is 1.35. The largest absolute Gasteiger partial charge is 0.496 e. The van der Waals surface area contributed by atoms with E-state index in [1.54, 1.807) is 0 Å². The van der Waals surface area contributed by atoms with Gasteiger partial charge in [-0.25, -0.2) is 4.39 Å². The number of rotatable bonds is 5. The van der Waals surface area contributed by atoms with E-state index >= 15 is 0 Å². The fourth-order valence-electron chi connectivity index (χ4n) is 2.73. The average molecular weight is 311 g/mol. The van der Waals surface area contributed by atoms with Crippen molar-refractivity contribution in [1.82, 2.24) is 0 Å².